The Morgan fingerprint density at radius 1 is 1.15 bits per heavy atom. The number of carbonyl (C=O) groups is 1. The lowest BCUT2D eigenvalue weighted by Crippen LogP contribution is -2.37. The summed E-state index contributed by atoms with van der Waals surface area (Å²) in [6.45, 7) is 7.45. The predicted octanol–water partition coefficient (Wildman–Crippen LogP) is 3.27. The number of nitrogens with one attached hydrogen (secondary N) is 3. The Labute approximate surface area is 160 Å². The average molecular weight is 371 g/mol. The number of para-hydroxylation sites is 1. The normalized spacial score (nSPS) is 11.5. The summed E-state index contributed by atoms with van der Waals surface area (Å²) in [4.78, 5) is 16.4. The standard InChI is InChI=1S/C20H29N5O2/c1-4-15(5-2)18-12-17(27-25-18)13-22-20(21-6-3)23-14-19(26)24-16-10-8-7-9-11-16/h7-12,15H,4-6,13-14H2,1-3H3,(H,24,26)(H2,21,22,23). The van der Waals surface area contributed by atoms with Crippen LogP contribution in [0.4, 0.5) is 5.69 Å². The molecule has 7 nitrogen and oxygen atoms in total. The van der Waals surface area contributed by atoms with E-state index < -0.39 is 0 Å². The number of rotatable bonds is 9. The van der Waals surface area contributed by atoms with Gasteiger partial charge < -0.3 is 20.5 Å². The maximum absolute atomic E-state index is 12.0. The van der Waals surface area contributed by atoms with E-state index in [1.54, 1.807) is 0 Å². The van der Waals surface area contributed by atoms with Gasteiger partial charge in [0.25, 0.3) is 0 Å². The minimum Gasteiger partial charge on any atom is -0.359 e. The zero-order valence-electron chi connectivity index (χ0n) is 16.3. The Hall–Kier alpha value is -2.83. The highest BCUT2D eigenvalue weighted by Crippen LogP contribution is 2.22. The highest BCUT2D eigenvalue weighted by molar-refractivity contribution is 5.94. The van der Waals surface area contributed by atoms with Crippen molar-refractivity contribution in [1.82, 2.24) is 15.8 Å². The van der Waals surface area contributed by atoms with Gasteiger partial charge in [-0.15, -0.1) is 0 Å². The molecule has 0 spiro atoms. The number of benzene rings is 1. The van der Waals surface area contributed by atoms with E-state index >= 15 is 0 Å². The first kappa shape index (κ1) is 20.5. The summed E-state index contributed by atoms with van der Waals surface area (Å²) in [6.07, 6.45) is 2.08. The third-order valence-electron chi connectivity index (χ3n) is 4.19. The summed E-state index contributed by atoms with van der Waals surface area (Å²) < 4.78 is 5.41. The third-order valence-corrected chi connectivity index (χ3v) is 4.19. The van der Waals surface area contributed by atoms with Gasteiger partial charge in [-0.25, -0.2) is 4.99 Å². The molecule has 0 aliphatic carbocycles. The van der Waals surface area contributed by atoms with Crippen LogP contribution < -0.4 is 16.0 Å². The SMILES string of the molecule is CCNC(=NCC(=O)Nc1ccccc1)NCc1cc(C(CC)CC)no1. The van der Waals surface area contributed by atoms with Crippen LogP contribution in [0.15, 0.2) is 45.9 Å². The zero-order chi connectivity index (χ0) is 19.5. The summed E-state index contributed by atoms with van der Waals surface area (Å²) in [5.74, 6) is 1.55. The summed E-state index contributed by atoms with van der Waals surface area (Å²) in [5.41, 5.74) is 1.74. The molecule has 0 atom stereocenters. The lowest BCUT2D eigenvalue weighted by atomic mass is 9.99. The Morgan fingerprint density at radius 3 is 2.56 bits per heavy atom. The molecule has 0 unspecified atom stereocenters. The van der Waals surface area contributed by atoms with Crippen LogP contribution in [-0.4, -0.2) is 30.1 Å². The van der Waals surface area contributed by atoms with E-state index in [1.807, 2.05) is 43.3 Å². The van der Waals surface area contributed by atoms with Crippen molar-refractivity contribution in [1.29, 1.82) is 0 Å². The molecule has 2 rings (SSSR count). The Bertz CT molecular complexity index is 723. The Balaban J connectivity index is 1.88. The van der Waals surface area contributed by atoms with Crippen LogP contribution in [0.1, 0.15) is 51.0 Å². The van der Waals surface area contributed by atoms with Crippen molar-refractivity contribution in [3.05, 3.63) is 47.9 Å². The van der Waals surface area contributed by atoms with Gasteiger partial charge >= 0.3 is 0 Å². The molecule has 7 heteroatoms. The number of aromatic nitrogens is 1. The second kappa shape index (κ2) is 11.0. The molecular formula is C20H29N5O2. The maximum Gasteiger partial charge on any atom is 0.246 e. The van der Waals surface area contributed by atoms with Crippen molar-refractivity contribution in [2.45, 2.75) is 46.1 Å². The number of hydrogen-bond donors (Lipinski definition) is 3. The van der Waals surface area contributed by atoms with Crippen molar-refractivity contribution in [3.8, 4) is 0 Å². The molecule has 0 radical (unpaired) electrons. The van der Waals surface area contributed by atoms with Crippen LogP contribution >= 0.6 is 0 Å². The average Bonchev–Trinajstić information content (AvgIpc) is 3.14. The molecule has 3 N–H and O–H groups in total. The van der Waals surface area contributed by atoms with Crippen molar-refractivity contribution >= 4 is 17.6 Å². The molecule has 0 fully saturated rings. The van der Waals surface area contributed by atoms with Crippen molar-refractivity contribution in [2.24, 2.45) is 4.99 Å². The second-order valence-electron chi connectivity index (χ2n) is 6.19. The first-order chi connectivity index (χ1) is 13.2. The van der Waals surface area contributed by atoms with Crippen molar-refractivity contribution < 1.29 is 9.32 Å². The van der Waals surface area contributed by atoms with Gasteiger partial charge in [0.1, 0.15) is 6.54 Å². The van der Waals surface area contributed by atoms with Gasteiger partial charge in [0.15, 0.2) is 11.7 Å². The number of carbonyl (C=O) groups excluding carboxylic acids is 1. The molecule has 146 valence electrons. The Kier molecular flexibility index (Phi) is 8.35. The van der Waals surface area contributed by atoms with Gasteiger partial charge in [-0.1, -0.05) is 37.2 Å². The van der Waals surface area contributed by atoms with Crippen LogP contribution in [0.3, 0.4) is 0 Å². The fraction of sp³-hybridized carbons (Fsp3) is 0.450. The minimum absolute atomic E-state index is 0.0274. The van der Waals surface area contributed by atoms with Crippen LogP contribution in [0, 0.1) is 0 Å². The first-order valence-electron chi connectivity index (χ1n) is 9.48. The molecule has 0 aliphatic rings. The van der Waals surface area contributed by atoms with E-state index in [2.05, 4.69) is 39.9 Å². The monoisotopic (exact) mass is 371 g/mol. The van der Waals surface area contributed by atoms with Gasteiger partial charge in [-0.3, -0.25) is 4.79 Å². The summed E-state index contributed by atoms with van der Waals surface area (Å²) in [7, 11) is 0. The number of nitrogens with zero attached hydrogens (tertiary/aromatic N) is 2. The maximum atomic E-state index is 12.0. The van der Waals surface area contributed by atoms with E-state index in [1.165, 1.54) is 0 Å². The largest absolute Gasteiger partial charge is 0.359 e. The van der Waals surface area contributed by atoms with E-state index in [0.29, 0.717) is 25.0 Å². The topological polar surface area (TPSA) is 91.5 Å². The summed E-state index contributed by atoms with van der Waals surface area (Å²) in [5, 5.41) is 13.3. The third kappa shape index (κ3) is 6.77. The molecule has 1 amide bonds. The molecule has 0 bridgehead atoms. The number of aliphatic imine (C=N–C) groups is 1. The molecular weight excluding hydrogens is 342 g/mol. The number of amides is 1. The van der Waals surface area contributed by atoms with Crippen LogP contribution in [-0.2, 0) is 11.3 Å². The predicted molar refractivity (Wildman–Crippen MR) is 108 cm³/mol. The van der Waals surface area contributed by atoms with Crippen LogP contribution in [0.2, 0.25) is 0 Å². The number of anilines is 1. The zero-order valence-corrected chi connectivity index (χ0v) is 16.3. The fourth-order valence-corrected chi connectivity index (χ4v) is 2.70. The molecule has 2 aromatic rings. The fourth-order valence-electron chi connectivity index (χ4n) is 2.70. The van der Waals surface area contributed by atoms with Gasteiger partial charge in [0.05, 0.1) is 12.2 Å². The molecule has 1 aromatic carbocycles. The molecule has 1 heterocycles. The molecule has 0 saturated carbocycles. The second-order valence-corrected chi connectivity index (χ2v) is 6.19. The Morgan fingerprint density at radius 2 is 1.89 bits per heavy atom. The van der Waals surface area contributed by atoms with E-state index in [9.17, 15) is 4.79 Å². The molecule has 1 aromatic heterocycles. The number of hydrogen-bond acceptors (Lipinski definition) is 4. The number of guanidine groups is 1. The van der Waals surface area contributed by atoms with E-state index in [4.69, 9.17) is 4.52 Å². The quantitative estimate of drug-likeness (QED) is 0.465. The van der Waals surface area contributed by atoms with E-state index in [-0.39, 0.29) is 12.5 Å². The van der Waals surface area contributed by atoms with Gasteiger partial charge in [0, 0.05) is 24.2 Å². The van der Waals surface area contributed by atoms with Gasteiger partial charge in [-0.05, 0) is 31.9 Å². The highest BCUT2D eigenvalue weighted by Gasteiger charge is 2.13. The first-order valence-corrected chi connectivity index (χ1v) is 9.48. The van der Waals surface area contributed by atoms with Crippen LogP contribution in [0.25, 0.3) is 0 Å². The van der Waals surface area contributed by atoms with Crippen molar-refractivity contribution in [3.63, 3.8) is 0 Å². The van der Waals surface area contributed by atoms with Crippen LogP contribution in [0.5, 0.6) is 0 Å². The lowest BCUT2D eigenvalue weighted by Gasteiger charge is -2.10. The summed E-state index contributed by atoms with van der Waals surface area (Å²) in [6, 6.07) is 11.3. The van der Waals surface area contributed by atoms with Crippen molar-refractivity contribution in [2.75, 3.05) is 18.4 Å². The minimum atomic E-state index is -0.172. The van der Waals surface area contributed by atoms with E-state index in [0.717, 1.165) is 30.0 Å². The van der Waals surface area contributed by atoms with Gasteiger partial charge in [-0.2, -0.15) is 0 Å². The molecule has 0 saturated heterocycles. The molecule has 0 aliphatic heterocycles. The van der Waals surface area contributed by atoms with Gasteiger partial charge in [0.2, 0.25) is 5.91 Å². The highest BCUT2D eigenvalue weighted by atomic mass is 16.5. The summed E-state index contributed by atoms with van der Waals surface area (Å²) >= 11 is 0. The smallest absolute Gasteiger partial charge is 0.246 e. The molecule has 27 heavy (non-hydrogen) atoms. The lowest BCUT2D eigenvalue weighted by molar-refractivity contribution is -0.114.